The number of rotatable bonds is 6. The van der Waals surface area contributed by atoms with Crippen molar-refractivity contribution in [2.24, 2.45) is 7.05 Å². The molecule has 5 aromatic rings. The molecule has 35 heavy (non-hydrogen) atoms. The molecule has 180 valence electrons. The number of nitrogen functional groups attached to an aromatic ring is 1. The SMILES string of the molecule is CCOCc1cc(-c2ccc3ncc4c(c3c2)n(-c2cn(C(C)C)nc2C)c(=O)n4C)cnc1N. The summed E-state index contributed by atoms with van der Waals surface area (Å²) in [7, 11) is 1.77. The van der Waals surface area contributed by atoms with Gasteiger partial charge in [-0.25, -0.2) is 9.78 Å². The summed E-state index contributed by atoms with van der Waals surface area (Å²) in [5.74, 6) is 0.460. The van der Waals surface area contributed by atoms with Crippen LogP contribution in [0.2, 0.25) is 0 Å². The minimum absolute atomic E-state index is 0.140. The summed E-state index contributed by atoms with van der Waals surface area (Å²) in [6.07, 6.45) is 5.44. The van der Waals surface area contributed by atoms with Crippen LogP contribution in [0.4, 0.5) is 5.82 Å². The van der Waals surface area contributed by atoms with Crippen molar-refractivity contribution in [1.82, 2.24) is 28.9 Å². The van der Waals surface area contributed by atoms with Crippen LogP contribution in [0.1, 0.15) is 38.1 Å². The summed E-state index contributed by atoms with van der Waals surface area (Å²) >= 11 is 0. The largest absolute Gasteiger partial charge is 0.383 e. The number of nitrogens with zero attached hydrogens (tertiary/aromatic N) is 6. The van der Waals surface area contributed by atoms with Crippen molar-refractivity contribution < 1.29 is 4.74 Å². The normalized spacial score (nSPS) is 11.8. The molecule has 0 aliphatic carbocycles. The molecule has 9 heteroatoms. The highest BCUT2D eigenvalue weighted by atomic mass is 16.5. The molecule has 0 aliphatic rings. The lowest BCUT2D eigenvalue weighted by molar-refractivity contribution is 0.134. The predicted molar refractivity (Wildman–Crippen MR) is 138 cm³/mol. The van der Waals surface area contributed by atoms with Gasteiger partial charge in [0.25, 0.3) is 0 Å². The molecule has 0 radical (unpaired) electrons. The third kappa shape index (κ3) is 3.77. The van der Waals surface area contributed by atoms with Crippen LogP contribution < -0.4 is 11.4 Å². The highest BCUT2D eigenvalue weighted by Crippen LogP contribution is 2.31. The van der Waals surface area contributed by atoms with Crippen LogP contribution in [0.3, 0.4) is 0 Å². The lowest BCUT2D eigenvalue weighted by Gasteiger charge is -2.10. The maximum Gasteiger partial charge on any atom is 0.333 e. The predicted octanol–water partition coefficient (Wildman–Crippen LogP) is 4.14. The van der Waals surface area contributed by atoms with Gasteiger partial charge in [0.05, 0.1) is 40.7 Å². The molecule has 0 spiro atoms. The second kappa shape index (κ2) is 8.66. The van der Waals surface area contributed by atoms with E-state index in [2.05, 4.69) is 35.0 Å². The molecule has 4 aromatic heterocycles. The number of aryl methyl sites for hydroxylation is 2. The van der Waals surface area contributed by atoms with Gasteiger partial charge in [-0.05, 0) is 51.5 Å². The molecule has 5 rings (SSSR count). The molecule has 0 bridgehead atoms. The molecule has 0 unspecified atom stereocenters. The summed E-state index contributed by atoms with van der Waals surface area (Å²) in [4.78, 5) is 22.4. The van der Waals surface area contributed by atoms with E-state index < -0.39 is 0 Å². The summed E-state index contributed by atoms with van der Waals surface area (Å²) in [6.45, 7) is 9.00. The maximum atomic E-state index is 13.4. The standard InChI is InChI=1S/C26H29N7O2/c1-6-35-14-19-9-18(11-29-25(19)27)17-7-8-21-20(10-17)24-22(12-28-21)31(5)26(34)33(24)23-13-32(15(2)3)30-16(23)4/h7-13,15H,6,14H2,1-5H3,(H2,27,29). The topological polar surface area (TPSA) is 106 Å². The Bertz CT molecular complexity index is 1620. The number of ether oxygens (including phenoxy) is 1. The van der Waals surface area contributed by atoms with Crippen molar-refractivity contribution in [3.8, 4) is 16.8 Å². The van der Waals surface area contributed by atoms with E-state index in [4.69, 9.17) is 10.5 Å². The fourth-order valence-corrected chi connectivity index (χ4v) is 4.36. The molecule has 1 aromatic carbocycles. The Morgan fingerprint density at radius 3 is 2.63 bits per heavy atom. The molecular weight excluding hydrogens is 442 g/mol. The van der Waals surface area contributed by atoms with E-state index in [1.807, 2.05) is 42.9 Å². The van der Waals surface area contributed by atoms with Crippen LogP contribution in [0.25, 0.3) is 38.8 Å². The Morgan fingerprint density at radius 1 is 1.11 bits per heavy atom. The molecule has 0 fully saturated rings. The third-order valence-electron chi connectivity index (χ3n) is 6.34. The molecule has 0 amide bonds. The summed E-state index contributed by atoms with van der Waals surface area (Å²) in [6, 6.07) is 8.21. The average Bonchev–Trinajstić information content (AvgIpc) is 3.35. The van der Waals surface area contributed by atoms with Gasteiger partial charge in [0.2, 0.25) is 0 Å². The summed E-state index contributed by atoms with van der Waals surface area (Å²) < 4.78 is 10.8. The highest BCUT2D eigenvalue weighted by Gasteiger charge is 2.20. The van der Waals surface area contributed by atoms with E-state index in [0.717, 1.165) is 50.0 Å². The fraction of sp³-hybridized carbons (Fsp3) is 0.308. The van der Waals surface area contributed by atoms with E-state index in [9.17, 15) is 4.79 Å². The van der Waals surface area contributed by atoms with Crippen molar-refractivity contribution in [3.63, 3.8) is 0 Å². The van der Waals surface area contributed by atoms with Crippen LogP contribution in [-0.2, 0) is 18.4 Å². The number of nitrogens with two attached hydrogens (primary N) is 1. The number of benzene rings is 1. The monoisotopic (exact) mass is 471 g/mol. The smallest absolute Gasteiger partial charge is 0.333 e. The summed E-state index contributed by atoms with van der Waals surface area (Å²) in [5.41, 5.74) is 12.5. The van der Waals surface area contributed by atoms with Gasteiger partial charge >= 0.3 is 5.69 Å². The van der Waals surface area contributed by atoms with Crippen LogP contribution in [0, 0.1) is 6.92 Å². The molecule has 9 nitrogen and oxygen atoms in total. The van der Waals surface area contributed by atoms with Crippen molar-refractivity contribution in [1.29, 1.82) is 0 Å². The first-order valence-electron chi connectivity index (χ1n) is 11.7. The van der Waals surface area contributed by atoms with E-state index in [-0.39, 0.29) is 11.7 Å². The quantitative estimate of drug-likeness (QED) is 0.399. The van der Waals surface area contributed by atoms with Crippen molar-refractivity contribution in [2.45, 2.75) is 40.3 Å². The van der Waals surface area contributed by atoms with E-state index in [1.54, 1.807) is 28.6 Å². The molecule has 2 N–H and O–H groups in total. The Balaban J connectivity index is 1.77. The first-order chi connectivity index (χ1) is 16.8. The first kappa shape index (κ1) is 22.8. The molecule has 0 saturated carbocycles. The zero-order valence-electron chi connectivity index (χ0n) is 20.6. The zero-order chi connectivity index (χ0) is 24.9. The van der Waals surface area contributed by atoms with Crippen molar-refractivity contribution in [2.75, 3.05) is 12.3 Å². The molecule has 0 atom stereocenters. The average molecular weight is 472 g/mol. The van der Waals surface area contributed by atoms with E-state index in [0.29, 0.717) is 19.0 Å². The number of aromatic nitrogens is 6. The Hall–Kier alpha value is -3.98. The molecule has 0 aliphatic heterocycles. The number of fused-ring (bicyclic) bond motifs is 3. The Morgan fingerprint density at radius 2 is 1.91 bits per heavy atom. The van der Waals surface area contributed by atoms with Gasteiger partial charge in [-0.1, -0.05) is 6.07 Å². The van der Waals surface area contributed by atoms with Gasteiger partial charge in [0, 0.05) is 48.6 Å². The van der Waals surface area contributed by atoms with Crippen molar-refractivity contribution in [3.05, 3.63) is 64.6 Å². The summed E-state index contributed by atoms with van der Waals surface area (Å²) in [5, 5.41) is 5.50. The lowest BCUT2D eigenvalue weighted by Crippen LogP contribution is -2.21. The number of pyridine rings is 2. The second-order valence-corrected chi connectivity index (χ2v) is 8.98. The van der Waals surface area contributed by atoms with Crippen LogP contribution in [0.5, 0.6) is 0 Å². The molecular formula is C26H29N7O2. The number of imidazole rings is 1. The van der Waals surface area contributed by atoms with Gasteiger partial charge in [0.15, 0.2) is 0 Å². The minimum atomic E-state index is -0.140. The van der Waals surface area contributed by atoms with Crippen LogP contribution >= 0.6 is 0 Å². The van der Waals surface area contributed by atoms with Crippen LogP contribution in [0.15, 0.2) is 47.7 Å². The van der Waals surface area contributed by atoms with Gasteiger partial charge in [0.1, 0.15) is 5.82 Å². The highest BCUT2D eigenvalue weighted by molar-refractivity contribution is 6.04. The Labute approximate surface area is 202 Å². The maximum absolute atomic E-state index is 13.4. The molecule has 0 saturated heterocycles. The molecule has 4 heterocycles. The number of hydrogen-bond donors (Lipinski definition) is 1. The van der Waals surface area contributed by atoms with Gasteiger partial charge in [-0.2, -0.15) is 5.10 Å². The van der Waals surface area contributed by atoms with E-state index >= 15 is 0 Å². The van der Waals surface area contributed by atoms with Crippen molar-refractivity contribution >= 4 is 27.8 Å². The second-order valence-electron chi connectivity index (χ2n) is 8.98. The third-order valence-corrected chi connectivity index (χ3v) is 6.34. The lowest BCUT2D eigenvalue weighted by atomic mass is 10.0. The zero-order valence-corrected chi connectivity index (χ0v) is 20.6. The number of anilines is 1. The van der Waals surface area contributed by atoms with Gasteiger partial charge in [-0.15, -0.1) is 0 Å². The van der Waals surface area contributed by atoms with E-state index in [1.165, 1.54) is 0 Å². The minimum Gasteiger partial charge on any atom is -0.383 e. The van der Waals surface area contributed by atoms with Gasteiger partial charge in [-0.3, -0.25) is 18.8 Å². The van der Waals surface area contributed by atoms with Gasteiger partial charge < -0.3 is 10.5 Å². The fourth-order valence-electron chi connectivity index (χ4n) is 4.36. The van der Waals surface area contributed by atoms with Crippen LogP contribution in [-0.4, -0.2) is 35.5 Å². The Kier molecular flexibility index (Phi) is 5.64. The number of hydrogen-bond acceptors (Lipinski definition) is 6. The first-order valence-corrected chi connectivity index (χ1v) is 11.7.